The molecule has 0 aliphatic heterocycles. The quantitative estimate of drug-likeness (QED) is 0.846. The second-order valence-electron chi connectivity index (χ2n) is 4.37. The van der Waals surface area contributed by atoms with Crippen LogP contribution in [0.5, 0.6) is 5.75 Å². The molecule has 1 aromatic carbocycles. The maximum atomic E-state index is 11.0. The zero-order valence-electron chi connectivity index (χ0n) is 10.0. The number of carboxylic acids is 1. The van der Waals surface area contributed by atoms with E-state index in [1.807, 2.05) is 0 Å². The minimum absolute atomic E-state index is 0.458. The molecule has 1 N–H and O–H groups in total. The Hall–Kier alpha value is -1.22. The normalized spacial score (nSPS) is 12.5. The van der Waals surface area contributed by atoms with E-state index in [1.54, 1.807) is 24.3 Å². The van der Waals surface area contributed by atoms with Gasteiger partial charge in [-0.05, 0) is 37.0 Å². The van der Waals surface area contributed by atoms with Gasteiger partial charge in [-0.15, -0.1) is 0 Å². The largest absolute Gasteiger partial charge is 0.479 e. The van der Waals surface area contributed by atoms with Gasteiger partial charge >= 0.3 is 5.97 Å². The maximum Gasteiger partial charge on any atom is 0.344 e. The Bertz CT molecular complexity index is 377. The maximum absolute atomic E-state index is 11.0. The molecule has 1 unspecified atom stereocenters. The van der Waals surface area contributed by atoms with Crippen molar-refractivity contribution < 1.29 is 14.6 Å². The number of hydrogen-bond donors (Lipinski definition) is 1. The van der Waals surface area contributed by atoms with Gasteiger partial charge in [0.1, 0.15) is 5.75 Å². The van der Waals surface area contributed by atoms with Crippen LogP contribution in [-0.4, -0.2) is 17.2 Å². The average Bonchev–Trinajstić information content (AvgIpc) is 2.23. The van der Waals surface area contributed by atoms with Gasteiger partial charge in [-0.3, -0.25) is 0 Å². The summed E-state index contributed by atoms with van der Waals surface area (Å²) in [5.74, 6) is 0.0130. The minimum atomic E-state index is -0.939. The zero-order chi connectivity index (χ0) is 12.8. The molecule has 0 spiro atoms. The summed E-state index contributed by atoms with van der Waals surface area (Å²) in [5, 5.41) is 9.60. The molecule has 0 radical (unpaired) electrons. The third-order valence-corrected chi connectivity index (χ3v) is 2.59. The standard InChI is InChI=1S/C13H17ClO3/c1-9(2)6-7-12(13(15)16)17-11-5-3-4-10(14)8-11/h3-5,8-9,12H,6-7H2,1-2H3,(H,15,16). The van der Waals surface area contributed by atoms with Crippen molar-refractivity contribution in [1.29, 1.82) is 0 Å². The molecule has 0 heterocycles. The molecule has 94 valence electrons. The van der Waals surface area contributed by atoms with Crippen molar-refractivity contribution in [3.8, 4) is 5.75 Å². The second-order valence-corrected chi connectivity index (χ2v) is 4.81. The van der Waals surface area contributed by atoms with Gasteiger partial charge in [0.05, 0.1) is 0 Å². The smallest absolute Gasteiger partial charge is 0.344 e. The van der Waals surface area contributed by atoms with Crippen LogP contribution < -0.4 is 4.74 Å². The van der Waals surface area contributed by atoms with Gasteiger partial charge in [-0.2, -0.15) is 0 Å². The molecule has 4 heteroatoms. The number of ether oxygens (including phenoxy) is 1. The van der Waals surface area contributed by atoms with Gasteiger partial charge in [0, 0.05) is 5.02 Å². The Morgan fingerprint density at radius 2 is 2.12 bits per heavy atom. The molecule has 3 nitrogen and oxygen atoms in total. The van der Waals surface area contributed by atoms with E-state index in [0.717, 1.165) is 6.42 Å². The Balaban J connectivity index is 2.63. The lowest BCUT2D eigenvalue weighted by atomic mass is 10.1. The van der Waals surface area contributed by atoms with Crippen LogP contribution in [0.25, 0.3) is 0 Å². The summed E-state index contributed by atoms with van der Waals surface area (Å²) in [4.78, 5) is 11.0. The predicted octanol–water partition coefficient (Wildman–Crippen LogP) is 3.61. The summed E-state index contributed by atoms with van der Waals surface area (Å²) >= 11 is 5.81. The highest BCUT2D eigenvalue weighted by atomic mass is 35.5. The van der Waals surface area contributed by atoms with E-state index in [-0.39, 0.29) is 0 Å². The summed E-state index contributed by atoms with van der Waals surface area (Å²) in [6.45, 7) is 4.11. The van der Waals surface area contributed by atoms with Crippen molar-refractivity contribution in [2.45, 2.75) is 32.8 Å². The van der Waals surface area contributed by atoms with Crippen LogP contribution in [0, 0.1) is 5.92 Å². The summed E-state index contributed by atoms with van der Waals surface area (Å²) in [7, 11) is 0. The lowest BCUT2D eigenvalue weighted by Gasteiger charge is -2.16. The second kappa shape index (κ2) is 6.50. The molecular weight excluding hydrogens is 240 g/mol. The summed E-state index contributed by atoms with van der Waals surface area (Å²) in [6, 6.07) is 6.78. The van der Waals surface area contributed by atoms with E-state index in [1.165, 1.54) is 0 Å². The first-order chi connectivity index (χ1) is 7.99. The number of halogens is 1. The van der Waals surface area contributed by atoms with Crippen LogP contribution in [0.3, 0.4) is 0 Å². The Morgan fingerprint density at radius 1 is 1.41 bits per heavy atom. The number of rotatable bonds is 6. The molecule has 0 aromatic heterocycles. The van der Waals surface area contributed by atoms with Crippen LogP contribution in [0.1, 0.15) is 26.7 Å². The fourth-order valence-corrected chi connectivity index (χ4v) is 1.60. The molecular formula is C13H17ClO3. The van der Waals surface area contributed by atoms with E-state index in [2.05, 4.69) is 13.8 Å². The molecule has 1 atom stereocenters. The van der Waals surface area contributed by atoms with Crippen LogP contribution in [0.15, 0.2) is 24.3 Å². The highest BCUT2D eigenvalue weighted by Gasteiger charge is 2.19. The number of carbonyl (C=O) groups is 1. The fraction of sp³-hybridized carbons (Fsp3) is 0.462. The summed E-state index contributed by atoms with van der Waals surface area (Å²) in [6.07, 6.45) is 0.507. The van der Waals surface area contributed by atoms with Crippen molar-refractivity contribution in [1.82, 2.24) is 0 Å². The summed E-state index contributed by atoms with van der Waals surface area (Å²) < 4.78 is 5.42. The molecule has 0 amide bonds. The predicted molar refractivity (Wildman–Crippen MR) is 67.6 cm³/mol. The first-order valence-electron chi connectivity index (χ1n) is 5.64. The summed E-state index contributed by atoms with van der Waals surface area (Å²) in [5.41, 5.74) is 0. The number of aliphatic carboxylic acids is 1. The van der Waals surface area contributed by atoms with Gasteiger partial charge in [-0.25, -0.2) is 4.79 Å². The number of hydrogen-bond acceptors (Lipinski definition) is 2. The topological polar surface area (TPSA) is 46.5 Å². The molecule has 1 aromatic rings. The van der Waals surface area contributed by atoms with Crippen molar-refractivity contribution in [2.24, 2.45) is 5.92 Å². The van der Waals surface area contributed by atoms with Crippen molar-refractivity contribution in [3.05, 3.63) is 29.3 Å². The molecule has 0 saturated heterocycles. The fourth-order valence-electron chi connectivity index (χ4n) is 1.42. The lowest BCUT2D eigenvalue weighted by Crippen LogP contribution is -2.27. The van der Waals surface area contributed by atoms with E-state index in [9.17, 15) is 4.79 Å². The highest BCUT2D eigenvalue weighted by molar-refractivity contribution is 6.30. The molecule has 0 aliphatic rings. The van der Waals surface area contributed by atoms with E-state index in [4.69, 9.17) is 21.4 Å². The number of carboxylic acid groups (broad SMARTS) is 1. The third-order valence-electron chi connectivity index (χ3n) is 2.36. The first-order valence-corrected chi connectivity index (χ1v) is 6.02. The molecule has 0 fully saturated rings. The molecule has 1 rings (SSSR count). The van der Waals surface area contributed by atoms with Gasteiger partial charge < -0.3 is 9.84 Å². The first kappa shape index (κ1) is 13.8. The Kier molecular flexibility index (Phi) is 5.29. The van der Waals surface area contributed by atoms with Gasteiger partial charge in [-0.1, -0.05) is 31.5 Å². The van der Waals surface area contributed by atoms with Crippen molar-refractivity contribution in [2.75, 3.05) is 0 Å². The Morgan fingerprint density at radius 3 is 2.65 bits per heavy atom. The van der Waals surface area contributed by atoms with Crippen LogP contribution in [0.2, 0.25) is 5.02 Å². The van der Waals surface area contributed by atoms with Crippen LogP contribution >= 0.6 is 11.6 Å². The van der Waals surface area contributed by atoms with E-state index in [0.29, 0.717) is 23.1 Å². The van der Waals surface area contributed by atoms with Gasteiger partial charge in [0.15, 0.2) is 6.10 Å². The van der Waals surface area contributed by atoms with Gasteiger partial charge in [0.2, 0.25) is 0 Å². The molecule has 0 saturated carbocycles. The van der Waals surface area contributed by atoms with E-state index < -0.39 is 12.1 Å². The molecule has 0 aliphatic carbocycles. The minimum Gasteiger partial charge on any atom is -0.479 e. The molecule has 17 heavy (non-hydrogen) atoms. The van der Waals surface area contributed by atoms with Crippen LogP contribution in [0.4, 0.5) is 0 Å². The van der Waals surface area contributed by atoms with E-state index >= 15 is 0 Å². The average molecular weight is 257 g/mol. The SMILES string of the molecule is CC(C)CCC(Oc1cccc(Cl)c1)C(=O)O. The van der Waals surface area contributed by atoms with Crippen molar-refractivity contribution >= 4 is 17.6 Å². The Labute approximate surface area is 106 Å². The zero-order valence-corrected chi connectivity index (χ0v) is 10.8. The molecule has 0 bridgehead atoms. The highest BCUT2D eigenvalue weighted by Crippen LogP contribution is 2.20. The third kappa shape index (κ3) is 5.09. The van der Waals surface area contributed by atoms with Crippen LogP contribution in [-0.2, 0) is 4.79 Å². The number of benzene rings is 1. The van der Waals surface area contributed by atoms with Gasteiger partial charge in [0.25, 0.3) is 0 Å². The van der Waals surface area contributed by atoms with Crippen molar-refractivity contribution in [3.63, 3.8) is 0 Å². The lowest BCUT2D eigenvalue weighted by molar-refractivity contribution is -0.145. The monoisotopic (exact) mass is 256 g/mol.